The predicted molar refractivity (Wildman–Crippen MR) is 74.4 cm³/mol. The van der Waals surface area contributed by atoms with Gasteiger partial charge in [0.15, 0.2) is 5.69 Å². The zero-order chi connectivity index (χ0) is 13.8. The molecule has 3 rings (SSSR count). The lowest BCUT2D eigenvalue weighted by Crippen LogP contribution is -2.26. The van der Waals surface area contributed by atoms with E-state index < -0.39 is 0 Å². The van der Waals surface area contributed by atoms with Crippen molar-refractivity contribution in [3.8, 4) is 0 Å². The molecule has 0 aliphatic heterocycles. The third-order valence-electron chi connectivity index (χ3n) is 3.71. The second-order valence-corrected chi connectivity index (χ2v) is 5.15. The summed E-state index contributed by atoms with van der Waals surface area (Å²) in [7, 11) is 0. The van der Waals surface area contributed by atoms with Crippen LogP contribution in [0.1, 0.15) is 41.0 Å². The molecule has 1 aliphatic rings. The van der Waals surface area contributed by atoms with Crippen LogP contribution in [0.3, 0.4) is 0 Å². The Kier molecular flexibility index (Phi) is 3.80. The molecule has 2 N–H and O–H groups in total. The summed E-state index contributed by atoms with van der Waals surface area (Å²) >= 11 is 0. The molecule has 2 heterocycles. The van der Waals surface area contributed by atoms with Gasteiger partial charge in [-0.1, -0.05) is 0 Å². The van der Waals surface area contributed by atoms with Gasteiger partial charge in [0.05, 0.1) is 6.33 Å². The van der Waals surface area contributed by atoms with Crippen molar-refractivity contribution < 1.29 is 4.79 Å². The molecule has 6 heteroatoms. The van der Waals surface area contributed by atoms with Crippen molar-refractivity contribution in [1.29, 1.82) is 0 Å². The first kappa shape index (κ1) is 12.9. The number of nitrogens with one attached hydrogen (secondary N) is 2. The fraction of sp³-hybridized carbons (Fsp3) is 0.500. The average Bonchev–Trinajstić information content (AvgIpc) is 3.12. The number of imidazole rings is 1. The van der Waals surface area contributed by atoms with E-state index in [9.17, 15) is 4.79 Å². The Bertz CT molecular complexity index is 572. The molecule has 6 nitrogen and oxygen atoms in total. The van der Waals surface area contributed by atoms with Crippen molar-refractivity contribution >= 4 is 5.91 Å². The minimum Gasteiger partial charge on any atom is -0.351 e. The van der Waals surface area contributed by atoms with Crippen molar-refractivity contribution in [3.05, 3.63) is 35.7 Å². The van der Waals surface area contributed by atoms with E-state index in [-0.39, 0.29) is 5.91 Å². The van der Waals surface area contributed by atoms with Gasteiger partial charge in [-0.05, 0) is 32.1 Å². The van der Waals surface area contributed by atoms with Gasteiger partial charge in [-0.3, -0.25) is 9.89 Å². The van der Waals surface area contributed by atoms with Crippen LogP contribution in [0.5, 0.6) is 0 Å². The van der Waals surface area contributed by atoms with E-state index in [0.717, 1.165) is 43.5 Å². The first-order chi connectivity index (χ1) is 9.84. The van der Waals surface area contributed by atoms with Crippen LogP contribution in [0.4, 0.5) is 0 Å². The molecule has 106 valence electrons. The van der Waals surface area contributed by atoms with Gasteiger partial charge in [0, 0.05) is 36.7 Å². The van der Waals surface area contributed by atoms with E-state index in [4.69, 9.17) is 0 Å². The lowest BCUT2D eigenvalue weighted by molar-refractivity contribution is 0.0946. The van der Waals surface area contributed by atoms with Crippen molar-refractivity contribution in [2.24, 2.45) is 0 Å². The van der Waals surface area contributed by atoms with Gasteiger partial charge >= 0.3 is 0 Å². The van der Waals surface area contributed by atoms with E-state index in [0.29, 0.717) is 12.2 Å². The fourth-order valence-electron chi connectivity index (χ4n) is 2.63. The van der Waals surface area contributed by atoms with Crippen molar-refractivity contribution in [2.45, 2.75) is 38.6 Å². The maximum atomic E-state index is 12.1. The summed E-state index contributed by atoms with van der Waals surface area (Å²) in [6.07, 6.45) is 10.6. The summed E-state index contributed by atoms with van der Waals surface area (Å²) in [4.78, 5) is 16.1. The van der Waals surface area contributed by atoms with E-state index in [2.05, 4.69) is 20.5 Å². The minimum absolute atomic E-state index is 0.0602. The molecule has 0 fully saturated rings. The molecule has 2 aromatic heterocycles. The zero-order valence-electron chi connectivity index (χ0n) is 11.4. The summed E-state index contributed by atoms with van der Waals surface area (Å²) in [6, 6.07) is 0. The molecule has 0 unspecified atom stereocenters. The van der Waals surface area contributed by atoms with Crippen LogP contribution in [0.15, 0.2) is 18.7 Å². The summed E-state index contributed by atoms with van der Waals surface area (Å²) in [6.45, 7) is 1.51. The monoisotopic (exact) mass is 273 g/mol. The molecule has 1 amide bonds. The number of aromatic nitrogens is 4. The molecule has 0 bridgehead atoms. The largest absolute Gasteiger partial charge is 0.351 e. The summed E-state index contributed by atoms with van der Waals surface area (Å²) in [5, 5.41) is 10.1. The number of hydrogen-bond donors (Lipinski definition) is 2. The Morgan fingerprint density at radius 1 is 1.40 bits per heavy atom. The standard InChI is InChI=1S/C14H19N5O/c20-14(16-6-3-8-19-9-7-15-10-19)13-11-4-1-2-5-12(11)17-18-13/h7,9-10H,1-6,8H2,(H,16,20)(H,17,18). The van der Waals surface area contributed by atoms with Crippen LogP contribution in [0.25, 0.3) is 0 Å². The number of carbonyl (C=O) groups excluding carboxylic acids is 1. The molecule has 20 heavy (non-hydrogen) atoms. The number of aromatic amines is 1. The number of fused-ring (bicyclic) bond motifs is 1. The quantitative estimate of drug-likeness (QED) is 0.806. The first-order valence-corrected chi connectivity index (χ1v) is 7.14. The lowest BCUT2D eigenvalue weighted by atomic mass is 9.96. The van der Waals surface area contributed by atoms with E-state index in [1.54, 1.807) is 12.5 Å². The Morgan fingerprint density at radius 3 is 3.15 bits per heavy atom. The second-order valence-electron chi connectivity index (χ2n) is 5.15. The Labute approximate surface area is 117 Å². The number of aryl methyl sites for hydroxylation is 2. The smallest absolute Gasteiger partial charge is 0.272 e. The third-order valence-corrected chi connectivity index (χ3v) is 3.71. The number of H-pyrrole nitrogens is 1. The lowest BCUT2D eigenvalue weighted by Gasteiger charge is -2.11. The van der Waals surface area contributed by atoms with Crippen LogP contribution < -0.4 is 5.32 Å². The highest BCUT2D eigenvalue weighted by Crippen LogP contribution is 2.21. The predicted octanol–water partition coefficient (Wildman–Crippen LogP) is 1.31. The Morgan fingerprint density at radius 2 is 2.30 bits per heavy atom. The van der Waals surface area contributed by atoms with Gasteiger partial charge in [-0.15, -0.1) is 0 Å². The van der Waals surface area contributed by atoms with Crippen molar-refractivity contribution in [1.82, 2.24) is 25.1 Å². The van der Waals surface area contributed by atoms with Crippen LogP contribution in [0.2, 0.25) is 0 Å². The number of carbonyl (C=O) groups is 1. The summed E-state index contributed by atoms with van der Waals surface area (Å²) < 4.78 is 2.00. The van der Waals surface area contributed by atoms with E-state index in [1.807, 2.05) is 10.8 Å². The topological polar surface area (TPSA) is 75.6 Å². The van der Waals surface area contributed by atoms with Crippen LogP contribution >= 0.6 is 0 Å². The van der Waals surface area contributed by atoms with Gasteiger partial charge in [0.25, 0.3) is 5.91 Å². The highest BCUT2D eigenvalue weighted by molar-refractivity contribution is 5.94. The maximum Gasteiger partial charge on any atom is 0.272 e. The number of hydrogen-bond acceptors (Lipinski definition) is 3. The molecule has 1 aliphatic carbocycles. The number of nitrogens with zero attached hydrogens (tertiary/aromatic N) is 3. The molecule has 0 atom stereocenters. The number of amides is 1. The Hall–Kier alpha value is -2.11. The maximum absolute atomic E-state index is 12.1. The van der Waals surface area contributed by atoms with E-state index >= 15 is 0 Å². The van der Waals surface area contributed by atoms with E-state index in [1.165, 1.54) is 6.42 Å². The molecular weight excluding hydrogens is 254 g/mol. The summed E-state index contributed by atoms with van der Waals surface area (Å²) in [5.74, 6) is -0.0602. The minimum atomic E-state index is -0.0602. The Balaban J connectivity index is 1.50. The fourth-order valence-corrected chi connectivity index (χ4v) is 2.63. The molecule has 0 saturated heterocycles. The molecule has 0 radical (unpaired) electrons. The molecule has 0 saturated carbocycles. The summed E-state index contributed by atoms with van der Waals surface area (Å²) in [5.41, 5.74) is 2.84. The number of rotatable bonds is 5. The van der Waals surface area contributed by atoms with Crippen molar-refractivity contribution in [3.63, 3.8) is 0 Å². The highest BCUT2D eigenvalue weighted by atomic mass is 16.1. The van der Waals surface area contributed by atoms with Crippen LogP contribution in [0, 0.1) is 0 Å². The average molecular weight is 273 g/mol. The van der Waals surface area contributed by atoms with Crippen molar-refractivity contribution in [2.75, 3.05) is 6.54 Å². The van der Waals surface area contributed by atoms with Gasteiger partial charge in [-0.25, -0.2) is 4.98 Å². The third kappa shape index (κ3) is 2.74. The van der Waals surface area contributed by atoms with Gasteiger partial charge in [0.1, 0.15) is 0 Å². The van der Waals surface area contributed by atoms with Gasteiger partial charge < -0.3 is 9.88 Å². The molecular formula is C14H19N5O. The highest BCUT2D eigenvalue weighted by Gasteiger charge is 2.21. The van der Waals surface area contributed by atoms with Crippen LogP contribution in [-0.2, 0) is 19.4 Å². The van der Waals surface area contributed by atoms with Crippen LogP contribution in [-0.4, -0.2) is 32.2 Å². The first-order valence-electron chi connectivity index (χ1n) is 7.14. The zero-order valence-corrected chi connectivity index (χ0v) is 11.4. The van der Waals surface area contributed by atoms with Gasteiger partial charge in [0.2, 0.25) is 0 Å². The SMILES string of the molecule is O=C(NCCCn1ccnc1)c1n[nH]c2c1CCCC2. The molecule has 0 aromatic carbocycles. The molecule has 0 spiro atoms. The second kappa shape index (κ2) is 5.90. The van der Waals surface area contributed by atoms with Gasteiger partial charge in [-0.2, -0.15) is 5.10 Å². The molecule has 2 aromatic rings. The normalized spacial score (nSPS) is 14.0.